The van der Waals surface area contributed by atoms with Crippen molar-refractivity contribution in [1.82, 2.24) is 9.38 Å². The maximum absolute atomic E-state index is 13.0. The molecule has 0 unspecified atom stereocenters. The summed E-state index contributed by atoms with van der Waals surface area (Å²) in [5, 5.41) is 19.9. The summed E-state index contributed by atoms with van der Waals surface area (Å²) in [6.45, 7) is 0. The van der Waals surface area contributed by atoms with Gasteiger partial charge in [-0.25, -0.2) is 9.37 Å². The molecule has 0 saturated carbocycles. The molecule has 3 rings (SSSR count). The molecule has 2 heterocycles. The largest absolute Gasteiger partial charge is 0.295 e. The SMILES string of the molecule is N#CCc1c(-c2ccc(F)cc2)nc2ccc([N+](=O)[O-])cn12. The molecule has 0 radical (unpaired) electrons. The number of hydrogen-bond acceptors (Lipinski definition) is 4. The van der Waals surface area contributed by atoms with Crippen molar-refractivity contribution >= 4 is 11.3 Å². The van der Waals surface area contributed by atoms with E-state index in [0.717, 1.165) is 0 Å². The molecule has 0 aliphatic rings. The molecule has 0 aliphatic heterocycles. The molecule has 1 aromatic carbocycles. The van der Waals surface area contributed by atoms with Crippen molar-refractivity contribution in [3.8, 4) is 17.3 Å². The van der Waals surface area contributed by atoms with Gasteiger partial charge in [0.25, 0.3) is 5.69 Å². The van der Waals surface area contributed by atoms with E-state index in [1.807, 2.05) is 6.07 Å². The lowest BCUT2D eigenvalue weighted by atomic mass is 10.1. The predicted molar refractivity (Wildman–Crippen MR) is 76.6 cm³/mol. The van der Waals surface area contributed by atoms with E-state index in [0.29, 0.717) is 22.6 Å². The molecule has 0 fully saturated rings. The maximum atomic E-state index is 13.0. The summed E-state index contributed by atoms with van der Waals surface area (Å²) in [6.07, 6.45) is 1.37. The van der Waals surface area contributed by atoms with E-state index < -0.39 is 4.92 Å². The van der Waals surface area contributed by atoms with Crippen LogP contribution in [0, 0.1) is 27.3 Å². The first-order chi connectivity index (χ1) is 10.6. The van der Waals surface area contributed by atoms with Crippen molar-refractivity contribution < 1.29 is 9.31 Å². The Kier molecular flexibility index (Phi) is 3.27. The Morgan fingerprint density at radius 3 is 2.64 bits per heavy atom. The van der Waals surface area contributed by atoms with Crippen LogP contribution in [-0.2, 0) is 6.42 Å². The number of halogens is 1. The molecule has 22 heavy (non-hydrogen) atoms. The van der Waals surface area contributed by atoms with Gasteiger partial charge < -0.3 is 0 Å². The van der Waals surface area contributed by atoms with E-state index in [2.05, 4.69) is 4.98 Å². The Morgan fingerprint density at radius 1 is 1.27 bits per heavy atom. The summed E-state index contributed by atoms with van der Waals surface area (Å²) in [7, 11) is 0. The van der Waals surface area contributed by atoms with Crippen LogP contribution in [0.3, 0.4) is 0 Å². The lowest BCUT2D eigenvalue weighted by Crippen LogP contribution is -1.96. The van der Waals surface area contributed by atoms with Crippen LogP contribution in [0.2, 0.25) is 0 Å². The van der Waals surface area contributed by atoms with Crippen LogP contribution < -0.4 is 0 Å². The Morgan fingerprint density at radius 2 is 2.00 bits per heavy atom. The summed E-state index contributed by atoms with van der Waals surface area (Å²) in [4.78, 5) is 14.8. The third-order valence-electron chi connectivity index (χ3n) is 3.28. The number of fused-ring (bicyclic) bond motifs is 1. The van der Waals surface area contributed by atoms with Gasteiger partial charge in [-0.3, -0.25) is 14.5 Å². The number of nitro groups is 1. The molecule has 7 heteroatoms. The fourth-order valence-electron chi connectivity index (χ4n) is 2.27. The fraction of sp³-hybridized carbons (Fsp3) is 0.0667. The molecule has 0 saturated heterocycles. The number of imidazole rings is 1. The van der Waals surface area contributed by atoms with Crippen LogP contribution in [-0.4, -0.2) is 14.3 Å². The highest BCUT2D eigenvalue weighted by Crippen LogP contribution is 2.26. The highest BCUT2D eigenvalue weighted by Gasteiger charge is 2.16. The Labute approximate surface area is 124 Å². The van der Waals surface area contributed by atoms with Crippen LogP contribution in [0.1, 0.15) is 5.69 Å². The highest BCUT2D eigenvalue weighted by atomic mass is 19.1. The third kappa shape index (κ3) is 2.27. The van der Waals surface area contributed by atoms with E-state index in [1.165, 1.54) is 34.9 Å². The first-order valence-electron chi connectivity index (χ1n) is 6.38. The molecule has 0 N–H and O–H groups in total. The summed E-state index contributed by atoms with van der Waals surface area (Å²) in [5.74, 6) is -0.370. The zero-order valence-corrected chi connectivity index (χ0v) is 11.2. The zero-order valence-electron chi connectivity index (χ0n) is 11.2. The monoisotopic (exact) mass is 296 g/mol. The van der Waals surface area contributed by atoms with Gasteiger partial charge in [-0.15, -0.1) is 0 Å². The smallest absolute Gasteiger partial charge is 0.286 e. The molecule has 0 spiro atoms. The van der Waals surface area contributed by atoms with Crippen molar-refractivity contribution in [2.75, 3.05) is 0 Å². The topological polar surface area (TPSA) is 84.2 Å². The van der Waals surface area contributed by atoms with E-state index in [9.17, 15) is 14.5 Å². The molecule has 0 bridgehead atoms. The second-order valence-corrected chi connectivity index (χ2v) is 4.62. The van der Waals surface area contributed by atoms with Crippen LogP contribution in [0.4, 0.5) is 10.1 Å². The van der Waals surface area contributed by atoms with Gasteiger partial charge in [0.15, 0.2) is 0 Å². The molecule has 2 aromatic heterocycles. The van der Waals surface area contributed by atoms with Crippen LogP contribution in [0.15, 0.2) is 42.6 Å². The van der Waals surface area contributed by atoms with E-state index in [4.69, 9.17) is 5.26 Å². The Hall–Kier alpha value is -3.27. The first kappa shape index (κ1) is 13.7. The predicted octanol–water partition coefficient (Wildman–Crippen LogP) is 3.11. The minimum atomic E-state index is -0.507. The number of rotatable bonds is 3. The summed E-state index contributed by atoms with van der Waals surface area (Å²) < 4.78 is 14.6. The van der Waals surface area contributed by atoms with Crippen LogP contribution >= 0.6 is 0 Å². The van der Waals surface area contributed by atoms with Crippen molar-refractivity contribution in [2.45, 2.75) is 6.42 Å². The van der Waals surface area contributed by atoms with E-state index >= 15 is 0 Å². The third-order valence-corrected chi connectivity index (χ3v) is 3.28. The standard InChI is InChI=1S/C15H9FN4O2/c16-11-3-1-10(2-4-11)15-13(7-8-17)19-9-12(20(21)22)5-6-14(19)18-15/h1-6,9H,7H2. The number of benzene rings is 1. The molecule has 0 aliphatic carbocycles. The fourth-order valence-corrected chi connectivity index (χ4v) is 2.27. The molecule has 0 atom stereocenters. The minimum absolute atomic E-state index is 0.0368. The Balaban J connectivity index is 2.25. The molecule has 3 aromatic rings. The normalized spacial score (nSPS) is 10.5. The maximum Gasteiger partial charge on any atom is 0.286 e. The van der Waals surface area contributed by atoms with Crippen molar-refractivity contribution in [1.29, 1.82) is 5.26 Å². The quantitative estimate of drug-likeness (QED) is 0.549. The molecular formula is C15H9FN4O2. The molecule has 108 valence electrons. The second kappa shape index (κ2) is 5.26. The molecule has 6 nitrogen and oxygen atoms in total. The lowest BCUT2D eigenvalue weighted by molar-refractivity contribution is -0.385. The van der Waals surface area contributed by atoms with Gasteiger partial charge >= 0.3 is 0 Å². The van der Waals surface area contributed by atoms with Crippen molar-refractivity contribution in [3.05, 3.63) is 64.2 Å². The lowest BCUT2D eigenvalue weighted by Gasteiger charge is -2.01. The summed E-state index contributed by atoms with van der Waals surface area (Å²) >= 11 is 0. The average Bonchev–Trinajstić information content (AvgIpc) is 2.86. The van der Waals surface area contributed by atoms with Gasteiger partial charge in [0.2, 0.25) is 0 Å². The highest BCUT2D eigenvalue weighted by molar-refractivity contribution is 5.67. The zero-order chi connectivity index (χ0) is 15.7. The van der Waals surface area contributed by atoms with Crippen molar-refractivity contribution in [2.24, 2.45) is 0 Å². The van der Waals surface area contributed by atoms with Crippen molar-refractivity contribution in [3.63, 3.8) is 0 Å². The number of pyridine rings is 1. The first-order valence-corrected chi connectivity index (χ1v) is 6.38. The van der Waals surface area contributed by atoms with Gasteiger partial charge in [-0.05, 0) is 30.3 Å². The number of nitriles is 1. The van der Waals surface area contributed by atoms with Gasteiger partial charge in [0.05, 0.1) is 35.0 Å². The van der Waals surface area contributed by atoms with Gasteiger partial charge in [0.1, 0.15) is 11.5 Å². The number of hydrogen-bond donors (Lipinski definition) is 0. The van der Waals surface area contributed by atoms with Crippen LogP contribution in [0.5, 0.6) is 0 Å². The number of nitrogens with zero attached hydrogens (tertiary/aromatic N) is 4. The van der Waals surface area contributed by atoms with Gasteiger partial charge in [-0.2, -0.15) is 5.26 Å². The number of aromatic nitrogens is 2. The second-order valence-electron chi connectivity index (χ2n) is 4.62. The van der Waals surface area contributed by atoms with E-state index in [-0.39, 0.29) is 17.9 Å². The van der Waals surface area contributed by atoms with E-state index in [1.54, 1.807) is 12.1 Å². The van der Waals surface area contributed by atoms with Crippen LogP contribution in [0.25, 0.3) is 16.9 Å². The Bertz CT molecular complexity index is 910. The molecule has 0 amide bonds. The minimum Gasteiger partial charge on any atom is -0.295 e. The summed E-state index contributed by atoms with van der Waals surface area (Å²) in [6, 6.07) is 10.6. The van der Waals surface area contributed by atoms with Gasteiger partial charge in [0, 0.05) is 11.6 Å². The molecular weight excluding hydrogens is 287 g/mol. The summed E-state index contributed by atoms with van der Waals surface area (Å²) in [5.41, 5.74) is 2.11. The average molecular weight is 296 g/mol. The van der Waals surface area contributed by atoms with Gasteiger partial charge in [-0.1, -0.05) is 0 Å².